The Labute approximate surface area is 324 Å². The second kappa shape index (κ2) is 36.6. The highest BCUT2D eigenvalue weighted by molar-refractivity contribution is 7.46. The summed E-state index contributed by atoms with van der Waals surface area (Å²) < 4.78 is 26.2. The highest BCUT2D eigenvalue weighted by Gasteiger charge is 2.22. The maximum absolute atomic E-state index is 12.4. The topological polar surface area (TPSA) is 160 Å². The number of unbranched alkanes of at least 4 members (excludes halogenated alkanes) is 5. The molecule has 0 bridgehead atoms. The van der Waals surface area contributed by atoms with E-state index in [9.17, 15) is 24.4 Å². The second-order valence-corrected chi connectivity index (χ2v) is 13.8. The largest absolute Gasteiger partial charge is 0.469 e. The summed E-state index contributed by atoms with van der Waals surface area (Å²) in [5.41, 5.74) is 0. The third-order valence-corrected chi connectivity index (χ3v) is 7.95. The molecule has 0 aromatic carbocycles. The van der Waals surface area contributed by atoms with E-state index in [1.54, 1.807) is 36.5 Å². The van der Waals surface area contributed by atoms with Gasteiger partial charge in [0.1, 0.15) is 6.61 Å². The Kier molecular flexibility index (Phi) is 34.3. The smallest absolute Gasteiger partial charge is 0.462 e. The lowest BCUT2D eigenvalue weighted by atomic mass is 10.1. The van der Waals surface area contributed by atoms with Crippen molar-refractivity contribution in [2.45, 2.75) is 135 Å². The Hall–Kier alpha value is -3.37. The van der Waals surface area contributed by atoms with Gasteiger partial charge >= 0.3 is 19.8 Å². The van der Waals surface area contributed by atoms with Crippen molar-refractivity contribution in [2.24, 2.45) is 0 Å². The van der Waals surface area contributed by atoms with Crippen molar-refractivity contribution >= 4 is 19.8 Å². The molecule has 0 saturated heterocycles. The highest BCUT2D eigenvalue weighted by Crippen LogP contribution is 2.36. The van der Waals surface area contributed by atoms with Gasteiger partial charge in [-0.1, -0.05) is 142 Å². The molecular formula is C43H67O10P. The van der Waals surface area contributed by atoms with Gasteiger partial charge in [-0.2, -0.15) is 0 Å². The molecule has 0 heterocycles. The Morgan fingerprint density at radius 3 is 1.69 bits per heavy atom. The zero-order chi connectivity index (χ0) is 40.0. The van der Waals surface area contributed by atoms with Gasteiger partial charge in [0, 0.05) is 12.8 Å². The van der Waals surface area contributed by atoms with Gasteiger partial charge in [-0.25, -0.2) is 4.57 Å². The van der Waals surface area contributed by atoms with Crippen LogP contribution in [-0.2, 0) is 28.2 Å². The van der Waals surface area contributed by atoms with Gasteiger partial charge in [-0.05, 0) is 70.6 Å². The van der Waals surface area contributed by atoms with Crippen molar-refractivity contribution in [1.82, 2.24) is 0 Å². The molecule has 0 saturated carbocycles. The number of hydrogen-bond donors (Lipinski definition) is 4. The van der Waals surface area contributed by atoms with Crippen molar-refractivity contribution in [3.63, 3.8) is 0 Å². The summed E-state index contributed by atoms with van der Waals surface area (Å²) in [4.78, 5) is 42.7. The number of allylic oxidation sites excluding steroid dienone is 14. The van der Waals surface area contributed by atoms with Crippen LogP contribution < -0.4 is 0 Å². The van der Waals surface area contributed by atoms with E-state index in [1.165, 1.54) is 0 Å². The number of aliphatic hydroxyl groups excluding tert-OH is 2. The van der Waals surface area contributed by atoms with Gasteiger partial charge in [-0.15, -0.1) is 0 Å². The summed E-state index contributed by atoms with van der Waals surface area (Å²) in [7, 11) is -4.81. The van der Waals surface area contributed by atoms with Gasteiger partial charge < -0.3 is 29.5 Å². The number of esters is 2. The van der Waals surface area contributed by atoms with Crippen LogP contribution >= 0.6 is 7.82 Å². The lowest BCUT2D eigenvalue weighted by molar-refractivity contribution is -0.161. The Morgan fingerprint density at radius 1 is 0.574 bits per heavy atom. The first-order valence-electron chi connectivity index (χ1n) is 19.4. The van der Waals surface area contributed by atoms with Crippen molar-refractivity contribution < 1.29 is 48.2 Å². The van der Waals surface area contributed by atoms with Crippen LogP contribution in [-0.4, -0.2) is 63.5 Å². The molecule has 0 spiro atoms. The van der Waals surface area contributed by atoms with Crippen molar-refractivity contribution in [2.75, 3.05) is 13.2 Å². The maximum atomic E-state index is 12.4. The molecule has 0 unspecified atom stereocenters. The number of aliphatic hydroxyl groups is 2. The molecule has 0 radical (unpaired) electrons. The Morgan fingerprint density at radius 2 is 1.07 bits per heavy atom. The fourth-order valence-corrected chi connectivity index (χ4v) is 4.95. The lowest BCUT2D eigenvalue weighted by Crippen LogP contribution is -2.29. The zero-order valence-corrected chi connectivity index (χ0v) is 33.4. The lowest BCUT2D eigenvalue weighted by Gasteiger charge is -2.18. The normalized spacial score (nSPS) is 14.9. The molecule has 0 aliphatic heterocycles. The molecule has 54 heavy (non-hydrogen) atoms. The van der Waals surface area contributed by atoms with Crippen molar-refractivity contribution in [3.05, 3.63) is 109 Å². The maximum Gasteiger partial charge on any atom is 0.469 e. The van der Waals surface area contributed by atoms with Gasteiger partial charge in [0.15, 0.2) is 6.10 Å². The van der Waals surface area contributed by atoms with E-state index in [2.05, 4.69) is 47.9 Å². The van der Waals surface area contributed by atoms with E-state index < -0.39 is 44.7 Å². The van der Waals surface area contributed by atoms with Gasteiger partial charge in [-0.3, -0.25) is 14.1 Å². The van der Waals surface area contributed by atoms with Crippen LogP contribution in [0.2, 0.25) is 0 Å². The predicted octanol–water partition coefficient (Wildman–Crippen LogP) is 9.56. The fourth-order valence-electron chi connectivity index (χ4n) is 4.59. The summed E-state index contributed by atoms with van der Waals surface area (Å²) in [6.45, 7) is 3.19. The van der Waals surface area contributed by atoms with Crippen LogP contribution in [0.25, 0.3) is 0 Å². The third kappa shape index (κ3) is 38.4. The van der Waals surface area contributed by atoms with E-state index in [4.69, 9.17) is 19.3 Å². The average Bonchev–Trinajstić information content (AvgIpc) is 3.13. The van der Waals surface area contributed by atoms with Crippen LogP contribution in [0.3, 0.4) is 0 Å². The van der Waals surface area contributed by atoms with Crippen LogP contribution in [0.4, 0.5) is 0 Å². The first kappa shape index (κ1) is 50.6. The molecule has 0 aromatic heterocycles. The van der Waals surface area contributed by atoms with Crippen LogP contribution in [0.1, 0.15) is 117 Å². The number of phosphoric acid groups is 1. The Bertz CT molecular complexity index is 1270. The number of ether oxygens (including phenoxy) is 2. The Balaban J connectivity index is 4.26. The number of hydrogen-bond acceptors (Lipinski definition) is 8. The molecule has 0 aliphatic rings. The monoisotopic (exact) mass is 774 g/mol. The first-order valence-corrected chi connectivity index (χ1v) is 20.9. The minimum atomic E-state index is -4.81. The summed E-state index contributed by atoms with van der Waals surface area (Å²) in [6.07, 6.45) is 44.6. The van der Waals surface area contributed by atoms with Crippen LogP contribution in [0.5, 0.6) is 0 Å². The average molecular weight is 775 g/mol. The fraction of sp³-hybridized carbons (Fsp3) is 0.535. The highest BCUT2D eigenvalue weighted by atomic mass is 31.2. The molecule has 0 amide bonds. The number of phosphoric ester groups is 1. The minimum absolute atomic E-state index is 0.0745. The number of carbonyl (C=O) groups excluding carboxylic acids is 2. The summed E-state index contributed by atoms with van der Waals surface area (Å²) in [6, 6.07) is 0. The molecular weight excluding hydrogens is 707 g/mol. The molecule has 3 atom stereocenters. The standard InChI is InChI=1S/C43H67O10P/c1-3-5-7-8-9-10-11-12-13-14-15-16-17-22-30-36-43(47)53-41(38-52-54(48,49)50)37-51-42(46)35-29-21-19-18-20-26-32-40(45)34-28-24-23-27-33-39(44)31-25-6-4-2/h5-7,9-10,12-13,19-21,23-28,33-34,39-41,44-45H,3-4,8,11,14-18,22,29-32,35-38H2,1-2H3,(H2,48,49,50)/b7-5-,10-9-,13-12-,21-19-,24-23-,25-6-,26-20-,33-27+,34-28+/t39-,40+,41-/m1/s1. The zero-order valence-electron chi connectivity index (χ0n) is 32.5. The molecule has 0 aromatic rings. The molecule has 10 nitrogen and oxygen atoms in total. The number of carbonyl (C=O) groups is 2. The molecule has 0 fully saturated rings. The van der Waals surface area contributed by atoms with E-state index in [0.29, 0.717) is 32.1 Å². The minimum Gasteiger partial charge on any atom is -0.462 e. The van der Waals surface area contributed by atoms with E-state index in [0.717, 1.165) is 57.8 Å². The third-order valence-electron chi connectivity index (χ3n) is 7.47. The van der Waals surface area contributed by atoms with E-state index in [1.807, 2.05) is 43.4 Å². The summed E-state index contributed by atoms with van der Waals surface area (Å²) in [5, 5.41) is 19.9. The number of rotatable bonds is 33. The van der Waals surface area contributed by atoms with Gasteiger partial charge in [0.2, 0.25) is 0 Å². The second-order valence-electron chi connectivity index (χ2n) is 12.5. The van der Waals surface area contributed by atoms with Crippen LogP contribution in [0.15, 0.2) is 109 Å². The summed E-state index contributed by atoms with van der Waals surface area (Å²) in [5.74, 6) is -1.09. The van der Waals surface area contributed by atoms with Crippen molar-refractivity contribution in [1.29, 1.82) is 0 Å². The van der Waals surface area contributed by atoms with Gasteiger partial charge in [0.25, 0.3) is 0 Å². The quantitative estimate of drug-likeness (QED) is 0.0166. The molecule has 0 aliphatic carbocycles. The van der Waals surface area contributed by atoms with Gasteiger partial charge in [0.05, 0.1) is 18.8 Å². The molecule has 11 heteroatoms. The SMILES string of the molecule is CC/C=C\C/C=C\C/C=C\CCCCCCCC(=O)O[C@H](COC(=O)CC/C=C\C/C=C\C[C@H](O)/C=C/C=C\C=C\[C@H](O)C/C=C\CC)COP(=O)(O)O. The van der Waals surface area contributed by atoms with Crippen molar-refractivity contribution in [3.8, 4) is 0 Å². The first-order chi connectivity index (χ1) is 26.1. The predicted molar refractivity (Wildman–Crippen MR) is 218 cm³/mol. The summed E-state index contributed by atoms with van der Waals surface area (Å²) >= 11 is 0. The van der Waals surface area contributed by atoms with E-state index in [-0.39, 0.29) is 19.4 Å². The van der Waals surface area contributed by atoms with E-state index >= 15 is 0 Å². The molecule has 0 rings (SSSR count). The molecule has 304 valence electrons. The molecule has 4 N–H and O–H groups in total. The van der Waals surface area contributed by atoms with Crippen LogP contribution in [0, 0.1) is 0 Å².